The molecule has 1 aliphatic carbocycles. The molecule has 4 heterocycles. The first kappa shape index (κ1) is 59.5. The molecule has 2 atom stereocenters. The van der Waals surface area contributed by atoms with Crippen LogP contribution in [0.3, 0.4) is 0 Å². The van der Waals surface area contributed by atoms with E-state index in [0.29, 0.717) is 74.8 Å². The standard InChI is InChI=1S/C57H66ClF3N10O7S3/c1-56(2)23-20-48(39-8-12-43(58)13-9-39)42(35-56)37-70-30-32-71(33-31-70)45-14-10-40(11-15-45)54(73)67-81(77,78)47-16-17-49(51(34-47)80(75,76)57(59,60)61)63-44(38-79-46-6-4-3-5-7-46)22-25-68-26-28-69(29-27-68)36-41-21-24-62-66-53(41)64-50-18-19-52(72)65-55(50)74/h3-17,21,24,34,44,50,63H,18-20,22-23,25-33,35-38H2,1-2H3,(H,64,66)(H,67,73)(H,65,72,74)/t44-,50?/m1/s1. The second-order valence-corrected chi connectivity index (χ2v) is 26.8. The van der Waals surface area contributed by atoms with E-state index in [9.17, 15) is 44.4 Å². The third-order valence-electron chi connectivity index (χ3n) is 15.3. The van der Waals surface area contributed by atoms with Gasteiger partial charge in [-0.05, 0) is 121 Å². The second-order valence-electron chi connectivity index (χ2n) is 21.7. The Labute approximate surface area is 480 Å². The van der Waals surface area contributed by atoms with Crippen LogP contribution in [0.4, 0.5) is 30.4 Å². The number of carbonyl (C=O) groups is 3. The van der Waals surface area contributed by atoms with Gasteiger partial charge in [0.1, 0.15) is 10.9 Å². The molecule has 81 heavy (non-hydrogen) atoms. The van der Waals surface area contributed by atoms with Crippen molar-refractivity contribution in [2.24, 2.45) is 5.41 Å². The average Bonchev–Trinajstić information content (AvgIpc) is 3.55. The Hall–Kier alpha value is -6.08. The van der Waals surface area contributed by atoms with Crippen LogP contribution in [0.15, 0.2) is 130 Å². The number of nitrogens with one attached hydrogen (secondary N) is 4. The number of nitrogens with zero attached hydrogens (tertiary/aromatic N) is 6. The molecule has 9 rings (SSSR count). The van der Waals surface area contributed by atoms with Gasteiger partial charge in [0.25, 0.3) is 25.8 Å². The molecular formula is C57H66ClF3N10O7S3. The van der Waals surface area contributed by atoms with Crippen LogP contribution in [0, 0.1) is 5.41 Å². The Morgan fingerprint density at radius 2 is 1.52 bits per heavy atom. The zero-order valence-electron chi connectivity index (χ0n) is 45.1. The summed E-state index contributed by atoms with van der Waals surface area (Å²) in [4.78, 5) is 45.4. The highest BCUT2D eigenvalue weighted by molar-refractivity contribution is 7.99. The number of carbonyl (C=O) groups excluding carboxylic acids is 3. The predicted octanol–water partition coefficient (Wildman–Crippen LogP) is 8.33. The van der Waals surface area contributed by atoms with Gasteiger partial charge >= 0.3 is 5.51 Å². The molecule has 3 fully saturated rings. The SMILES string of the molecule is CC1(C)CCC(c2ccc(Cl)cc2)=C(CN2CCN(c3ccc(C(=O)NS(=O)(=O)c4ccc(N[C@H](CCN5CCN(Cc6ccnnc6NC6CCC(=O)NC6=O)CC5)CSc5ccccc5)c(S(=O)(=O)C(F)(F)F)c4)cc3)CC2)C1. The molecule has 0 bridgehead atoms. The number of sulfonamides is 1. The number of rotatable bonds is 20. The summed E-state index contributed by atoms with van der Waals surface area (Å²) in [6, 6.07) is 26.7. The summed E-state index contributed by atoms with van der Waals surface area (Å²) in [5.41, 5.74) is -0.385. The molecule has 3 saturated heterocycles. The molecule has 17 nitrogen and oxygen atoms in total. The number of imide groups is 1. The number of piperidine rings is 1. The summed E-state index contributed by atoms with van der Waals surface area (Å²) in [5.74, 6) is -1.04. The number of benzene rings is 4. The smallest absolute Gasteiger partial charge is 0.380 e. The molecule has 0 spiro atoms. The van der Waals surface area contributed by atoms with Gasteiger partial charge in [0.05, 0.1) is 16.8 Å². The lowest BCUT2D eigenvalue weighted by atomic mass is 9.73. The van der Waals surface area contributed by atoms with Gasteiger partial charge in [0.15, 0.2) is 5.82 Å². The Morgan fingerprint density at radius 3 is 2.21 bits per heavy atom. The van der Waals surface area contributed by atoms with E-state index < -0.39 is 64.7 Å². The van der Waals surface area contributed by atoms with E-state index in [4.69, 9.17) is 11.6 Å². The van der Waals surface area contributed by atoms with E-state index in [1.54, 1.807) is 18.3 Å². The van der Waals surface area contributed by atoms with E-state index in [0.717, 1.165) is 80.3 Å². The first-order valence-corrected chi connectivity index (χ1v) is 31.3. The van der Waals surface area contributed by atoms with Crippen molar-refractivity contribution in [1.29, 1.82) is 0 Å². The Kier molecular flexibility index (Phi) is 18.8. The topological polar surface area (TPSA) is 206 Å². The van der Waals surface area contributed by atoms with Crippen molar-refractivity contribution in [1.82, 2.24) is 34.9 Å². The van der Waals surface area contributed by atoms with Crippen molar-refractivity contribution in [2.45, 2.75) is 91.2 Å². The molecule has 1 unspecified atom stereocenters. The Morgan fingerprint density at radius 1 is 0.840 bits per heavy atom. The quantitative estimate of drug-likeness (QED) is 0.0427. The van der Waals surface area contributed by atoms with Crippen LogP contribution in [0.1, 0.15) is 73.9 Å². The summed E-state index contributed by atoms with van der Waals surface area (Å²) in [7, 11) is -11.0. The summed E-state index contributed by atoms with van der Waals surface area (Å²) < 4.78 is 99.6. The van der Waals surface area contributed by atoms with E-state index in [1.165, 1.54) is 40.6 Å². The molecule has 24 heteroatoms. The van der Waals surface area contributed by atoms with Gasteiger partial charge in [-0.2, -0.15) is 18.3 Å². The van der Waals surface area contributed by atoms with Crippen LogP contribution in [-0.2, 0) is 36.0 Å². The lowest BCUT2D eigenvalue weighted by molar-refractivity contribution is -0.133. The largest absolute Gasteiger partial charge is 0.501 e. The van der Waals surface area contributed by atoms with Crippen LogP contribution in [0.2, 0.25) is 5.02 Å². The van der Waals surface area contributed by atoms with Crippen LogP contribution >= 0.6 is 23.4 Å². The maximum Gasteiger partial charge on any atom is 0.501 e. The minimum Gasteiger partial charge on any atom is -0.380 e. The fourth-order valence-electron chi connectivity index (χ4n) is 10.7. The number of piperazine rings is 2. The number of aromatic nitrogens is 2. The fourth-order valence-corrected chi connectivity index (χ4v) is 13.8. The number of thioether (sulfide) groups is 1. The van der Waals surface area contributed by atoms with Gasteiger partial charge < -0.3 is 20.4 Å². The summed E-state index contributed by atoms with van der Waals surface area (Å²) in [5, 5.41) is 17.4. The molecule has 3 aliphatic heterocycles. The van der Waals surface area contributed by atoms with Gasteiger partial charge in [-0.1, -0.05) is 61.4 Å². The molecule has 432 valence electrons. The number of allylic oxidation sites excluding steroid dienone is 1. The van der Waals surface area contributed by atoms with Gasteiger partial charge in [-0.25, -0.2) is 21.6 Å². The van der Waals surface area contributed by atoms with Crippen molar-refractivity contribution in [3.8, 4) is 0 Å². The summed E-state index contributed by atoms with van der Waals surface area (Å²) >= 11 is 7.63. The zero-order chi connectivity index (χ0) is 57.5. The fraction of sp³-hybridized carbons (Fsp3) is 0.421. The third-order valence-corrected chi connectivity index (χ3v) is 19.6. The molecule has 0 saturated carbocycles. The van der Waals surface area contributed by atoms with Crippen molar-refractivity contribution < 1.29 is 44.4 Å². The lowest BCUT2D eigenvalue weighted by Gasteiger charge is -2.39. The molecule has 5 aromatic rings. The number of halogens is 4. The monoisotopic (exact) mass is 1190 g/mol. The van der Waals surface area contributed by atoms with Crippen LogP contribution in [0.5, 0.6) is 0 Å². The van der Waals surface area contributed by atoms with Gasteiger partial charge in [-0.3, -0.25) is 29.5 Å². The van der Waals surface area contributed by atoms with E-state index in [1.807, 2.05) is 53.3 Å². The van der Waals surface area contributed by atoms with Crippen molar-refractivity contribution in [2.75, 3.05) is 86.7 Å². The zero-order valence-corrected chi connectivity index (χ0v) is 48.3. The highest BCUT2D eigenvalue weighted by Crippen LogP contribution is 2.43. The first-order chi connectivity index (χ1) is 38.6. The van der Waals surface area contributed by atoms with Crippen molar-refractivity contribution in [3.63, 3.8) is 0 Å². The van der Waals surface area contributed by atoms with E-state index >= 15 is 0 Å². The van der Waals surface area contributed by atoms with Gasteiger partial charge in [0.2, 0.25) is 11.8 Å². The normalized spacial score (nSPS) is 19.2. The number of hydrogen-bond acceptors (Lipinski definition) is 16. The molecule has 0 radical (unpaired) electrons. The van der Waals surface area contributed by atoms with Crippen molar-refractivity contribution >= 4 is 83.7 Å². The first-order valence-electron chi connectivity index (χ1n) is 27.0. The van der Waals surface area contributed by atoms with Gasteiger partial charge in [0, 0.05) is 117 Å². The number of alkyl halides is 3. The predicted molar refractivity (Wildman–Crippen MR) is 308 cm³/mol. The molecular weight excluding hydrogens is 1130 g/mol. The van der Waals surface area contributed by atoms with E-state index in [2.05, 4.69) is 71.7 Å². The van der Waals surface area contributed by atoms with Crippen molar-refractivity contribution in [3.05, 3.63) is 137 Å². The minimum absolute atomic E-state index is 0.0244. The van der Waals surface area contributed by atoms with E-state index in [-0.39, 0.29) is 23.3 Å². The third kappa shape index (κ3) is 15.3. The van der Waals surface area contributed by atoms with Crippen LogP contribution in [0.25, 0.3) is 5.57 Å². The molecule has 4 N–H and O–H groups in total. The highest BCUT2D eigenvalue weighted by Gasteiger charge is 2.48. The Balaban J connectivity index is 0.833. The van der Waals surface area contributed by atoms with Gasteiger partial charge in [-0.15, -0.1) is 16.9 Å². The summed E-state index contributed by atoms with van der Waals surface area (Å²) in [6.45, 7) is 12.1. The molecule has 4 aliphatic rings. The number of anilines is 3. The maximum absolute atomic E-state index is 14.5. The molecule has 1 aromatic heterocycles. The highest BCUT2D eigenvalue weighted by atomic mass is 35.5. The second kappa shape index (κ2) is 25.6. The summed E-state index contributed by atoms with van der Waals surface area (Å²) in [6.07, 6.45) is 5.58. The minimum atomic E-state index is -6.14. The lowest BCUT2D eigenvalue weighted by Crippen LogP contribution is -2.48. The maximum atomic E-state index is 14.5. The molecule has 4 aromatic carbocycles. The van der Waals surface area contributed by atoms with Crippen LogP contribution in [-0.4, -0.2) is 148 Å². The average molecular weight is 1190 g/mol. The number of hydrogen-bond donors (Lipinski definition) is 4. The number of sulfone groups is 1. The Bertz CT molecular complexity index is 3330. The van der Waals surface area contributed by atoms with Crippen LogP contribution < -0.4 is 25.6 Å². The number of amides is 3. The molecule has 3 amide bonds.